The van der Waals surface area contributed by atoms with Gasteiger partial charge in [0.15, 0.2) is 9.84 Å². The maximum Gasteiger partial charge on any atom is 0.307 e. The average molecular weight is 326 g/mol. The molecule has 0 bridgehead atoms. The smallest absolute Gasteiger partial charge is 0.307 e. The number of rotatable bonds is 3. The fourth-order valence-electron chi connectivity index (χ4n) is 2.44. The zero-order valence-electron chi connectivity index (χ0n) is 10.9. The van der Waals surface area contributed by atoms with E-state index in [2.05, 4.69) is 0 Å². The SMILES string of the molecule is O=C(O)C1CCCN(S(=O)(=O)N2CCS(=O)(=O)CC2)C1. The van der Waals surface area contributed by atoms with E-state index in [1.807, 2.05) is 0 Å². The third-order valence-electron chi connectivity index (χ3n) is 3.69. The van der Waals surface area contributed by atoms with Gasteiger partial charge in [0.25, 0.3) is 10.2 Å². The van der Waals surface area contributed by atoms with Crippen LogP contribution in [-0.4, -0.2) is 74.2 Å². The van der Waals surface area contributed by atoms with Gasteiger partial charge in [0.2, 0.25) is 0 Å². The molecule has 0 spiro atoms. The van der Waals surface area contributed by atoms with Crippen molar-refractivity contribution in [2.45, 2.75) is 12.8 Å². The first kappa shape index (κ1) is 15.7. The van der Waals surface area contributed by atoms with Crippen molar-refractivity contribution >= 4 is 26.0 Å². The van der Waals surface area contributed by atoms with Gasteiger partial charge in [-0.05, 0) is 12.8 Å². The Labute approximate surface area is 118 Å². The largest absolute Gasteiger partial charge is 0.481 e. The van der Waals surface area contributed by atoms with Gasteiger partial charge >= 0.3 is 5.97 Å². The number of carboxylic acid groups (broad SMARTS) is 1. The fourth-order valence-corrected chi connectivity index (χ4v) is 5.57. The van der Waals surface area contributed by atoms with Gasteiger partial charge in [-0.2, -0.15) is 17.0 Å². The summed E-state index contributed by atoms with van der Waals surface area (Å²) in [5, 5.41) is 8.99. The second-order valence-electron chi connectivity index (χ2n) is 5.09. The van der Waals surface area contributed by atoms with Crippen LogP contribution in [0.3, 0.4) is 0 Å². The van der Waals surface area contributed by atoms with Crippen LogP contribution in [0.15, 0.2) is 0 Å². The van der Waals surface area contributed by atoms with E-state index in [1.54, 1.807) is 0 Å². The van der Waals surface area contributed by atoms with E-state index in [9.17, 15) is 21.6 Å². The molecule has 2 saturated heterocycles. The Balaban J connectivity index is 2.08. The summed E-state index contributed by atoms with van der Waals surface area (Å²) in [6.07, 6.45) is 0.970. The summed E-state index contributed by atoms with van der Waals surface area (Å²) in [4.78, 5) is 11.0. The minimum atomic E-state index is -3.76. The van der Waals surface area contributed by atoms with Crippen LogP contribution in [0.2, 0.25) is 0 Å². The number of piperidine rings is 1. The Hall–Kier alpha value is -0.710. The quantitative estimate of drug-likeness (QED) is 0.694. The van der Waals surface area contributed by atoms with Crippen LogP contribution in [0.25, 0.3) is 0 Å². The molecule has 1 N–H and O–H groups in total. The van der Waals surface area contributed by atoms with Crippen molar-refractivity contribution in [1.29, 1.82) is 0 Å². The number of sulfone groups is 1. The number of carbonyl (C=O) groups is 1. The van der Waals surface area contributed by atoms with Gasteiger partial charge in [-0.15, -0.1) is 0 Å². The van der Waals surface area contributed by atoms with Crippen molar-refractivity contribution in [3.8, 4) is 0 Å². The van der Waals surface area contributed by atoms with E-state index in [1.165, 1.54) is 0 Å². The van der Waals surface area contributed by atoms with E-state index in [0.717, 1.165) is 8.61 Å². The van der Waals surface area contributed by atoms with E-state index in [4.69, 9.17) is 5.11 Å². The second kappa shape index (κ2) is 5.58. The third-order valence-corrected chi connectivity index (χ3v) is 7.30. The zero-order valence-corrected chi connectivity index (χ0v) is 12.6. The van der Waals surface area contributed by atoms with Gasteiger partial charge in [-0.25, -0.2) is 8.42 Å². The molecule has 116 valence electrons. The van der Waals surface area contributed by atoms with Crippen LogP contribution in [0, 0.1) is 5.92 Å². The van der Waals surface area contributed by atoms with Crippen molar-refractivity contribution in [3.63, 3.8) is 0 Å². The predicted octanol–water partition coefficient (Wildman–Crippen LogP) is -1.24. The van der Waals surface area contributed by atoms with Crippen LogP contribution < -0.4 is 0 Å². The summed E-state index contributed by atoms with van der Waals surface area (Å²) in [7, 11) is -6.91. The number of nitrogens with zero attached hydrogens (tertiary/aromatic N) is 2. The van der Waals surface area contributed by atoms with Crippen LogP contribution in [0.4, 0.5) is 0 Å². The fraction of sp³-hybridized carbons (Fsp3) is 0.900. The maximum absolute atomic E-state index is 12.4. The first-order valence-electron chi connectivity index (χ1n) is 6.41. The number of aliphatic carboxylic acids is 1. The van der Waals surface area contributed by atoms with Crippen molar-refractivity contribution < 1.29 is 26.7 Å². The Bertz CT molecular complexity index is 571. The monoisotopic (exact) mass is 326 g/mol. The lowest BCUT2D eigenvalue weighted by Gasteiger charge is -2.35. The van der Waals surface area contributed by atoms with E-state index >= 15 is 0 Å². The minimum Gasteiger partial charge on any atom is -0.481 e. The maximum atomic E-state index is 12.4. The van der Waals surface area contributed by atoms with E-state index < -0.39 is 31.9 Å². The molecule has 0 aromatic heterocycles. The molecule has 20 heavy (non-hydrogen) atoms. The molecule has 10 heteroatoms. The predicted molar refractivity (Wildman–Crippen MR) is 71.1 cm³/mol. The van der Waals surface area contributed by atoms with Gasteiger partial charge < -0.3 is 5.11 Å². The molecule has 8 nitrogen and oxygen atoms in total. The molecule has 0 radical (unpaired) electrons. The standard InChI is InChI=1S/C10H18N2O6S2/c13-10(14)9-2-1-3-12(8-9)20(17,18)11-4-6-19(15,16)7-5-11/h9H,1-8H2,(H,13,14). The molecule has 0 saturated carbocycles. The Morgan fingerprint density at radius 1 is 1.10 bits per heavy atom. The Kier molecular flexibility index (Phi) is 4.38. The van der Waals surface area contributed by atoms with E-state index in [0.29, 0.717) is 12.8 Å². The molecular formula is C10H18N2O6S2. The normalized spacial score (nSPS) is 29.1. The zero-order chi connectivity index (χ0) is 15.0. The van der Waals surface area contributed by atoms with Crippen LogP contribution in [-0.2, 0) is 24.8 Å². The number of hydrogen-bond acceptors (Lipinski definition) is 5. The summed E-state index contributed by atoms with van der Waals surface area (Å²) >= 11 is 0. The topological polar surface area (TPSA) is 112 Å². The molecule has 2 rings (SSSR count). The van der Waals surface area contributed by atoms with Crippen LogP contribution >= 0.6 is 0 Å². The number of carboxylic acids is 1. The number of hydrogen-bond donors (Lipinski definition) is 1. The second-order valence-corrected chi connectivity index (χ2v) is 9.33. The lowest BCUT2D eigenvalue weighted by atomic mass is 10.0. The summed E-state index contributed by atoms with van der Waals surface area (Å²) in [5.74, 6) is -2.04. The van der Waals surface area contributed by atoms with Crippen molar-refractivity contribution in [2.24, 2.45) is 5.92 Å². The van der Waals surface area contributed by atoms with Crippen LogP contribution in [0.5, 0.6) is 0 Å². The van der Waals surface area contributed by atoms with Gasteiger partial charge in [0.05, 0.1) is 17.4 Å². The average Bonchev–Trinajstić information content (AvgIpc) is 2.38. The molecule has 2 fully saturated rings. The molecule has 2 heterocycles. The van der Waals surface area contributed by atoms with E-state index in [-0.39, 0.29) is 37.7 Å². The molecule has 2 aliphatic heterocycles. The highest BCUT2D eigenvalue weighted by Gasteiger charge is 2.38. The lowest BCUT2D eigenvalue weighted by Crippen LogP contribution is -2.53. The van der Waals surface area contributed by atoms with Gasteiger partial charge in [-0.1, -0.05) is 0 Å². The Morgan fingerprint density at radius 3 is 2.25 bits per heavy atom. The van der Waals surface area contributed by atoms with Gasteiger partial charge in [-0.3, -0.25) is 4.79 Å². The molecule has 1 atom stereocenters. The minimum absolute atomic E-state index is 0.0408. The first-order valence-corrected chi connectivity index (χ1v) is 9.63. The molecule has 1 unspecified atom stereocenters. The lowest BCUT2D eigenvalue weighted by molar-refractivity contribution is -0.142. The molecule has 0 aromatic carbocycles. The van der Waals surface area contributed by atoms with Crippen molar-refractivity contribution in [3.05, 3.63) is 0 Å². The highest BCUT2D eigenvalue weighted by atomic mass is 32.2. The molecule has 0 amide bonds. The highest BCUT2D eigenvalue weighted by molar-refractivity contribution is 7.91. The van der Waals surface area contributed by atoms with Gasteiger partial charge in [0, 0.05) is 26.2 Å². The summed E-state index contributed by atoms with van der Waals surface area (Å²) in [5.41, 5.74) is 0. The summed E-state index contributed by atoms with van der Waals surface area (Å²) < 4.78 is 49.7. The van der Waals surface area contributed by atoms with Gasteiger partial charge in [0.1, 0.15) is 0 Å². The highest BCUT2D eigenvalue weighted by Crippen LogP contribution is 2.22. The van der Waals surface area contributed by atoms with Crippen molar-refractivity contribution in [2.75, 3.05) is 37.7 Å². The first-order chi connectivity index (χ1) is 9.22. The third kappa shape index (κ3) is 3.30. The summed E-state index contributed by atoms with van der Waals surface area (Å²) in [6.45, 7) is 0.133. The molecule has 0 aliphatic carbocycles. The molecular weight excluding hydrogens is 308 g/mol. The van der Waals surface area contributed by atoms with Crippen LogP contribution in [0.1, 0.15) is 12.8 Å². The Morgan fingerprint density at radius 2 is 1.70 bits per heavy atom. The molecule has 2 aliphatic rings. The molecule has 0 aromatic rings. The summed E-state index contributed by atoms with van der Waals surface area (Å²) in [6, 6.07) is 0. The van der Waals surface area contributed by atoms with Crippen molar-refractivity contribution in [1.82, 2.24) is 8.61 Å².